The minimum atomic E-state index is 0.0730. The van der Waals surface area contributed by atoms with Crippen LogP contribution in [0.1, 0.15) is 37.7 Å². The van der Waals surface area contributed by atoms with Crippen LogP contribution in [0.25, 0.3) is 11.4 Å². The molecule has 1 heterocycles. The highest BCUT2D eigenvalue weighted by Gasteiger charge is 2.16. The molecule has 2 N–H and O–H groups in total. The van der Waals surface area contributed by atoms with E-state index >= 15 is 0 Å². The molecular formula is C17H22N4OS. The highest BCUT2D eigenvalue weighted by atomic mass is 32.2. The van der Waals surface area contributed by atoms with Crippen molar-refractivity contribution in [2.24, 2.45) is 0 Å². The lowest BCUT2D eigenvalue weighted by atomic mass is 9.95. The van der Waals surface area contributed by atoms with Crippen LogP contribution < -0.4 is 5.32 Å². The number of H-pyrrole nitrogens is 1. The lowest BCUT2D eigenvalue weighted by molar-refractivity contribution is -0.119. The van der Waals surface area contributed by atoms with E-state index < -0.39 is 0 Å². The molecule has 23 heavy (non-hydrogen) atoms. The number of aromatic amines is 1. The fraction of sp³-hybridized carbons (Fsp3) is 0.471. The van der Waals surface area contributed by atoms with Crippen molar-refractivity contribution in [1.29, 1.82) is 0 Å². The lowest BCUT2D eigenvalue weighted by Crippen LogP contribution is -2.37. The molecule has 0 bridgehead atoms. The fourth-order valence-electron chi connectivity index (χ4n) is 2.88. The second kappa shape index (κ2) is 7.64. The minimum absolute atomic E-state index is 0.0730. The van der Waals surface area contributed by atoms with Crippen LogP contribution in [-0.2, 0) is 4.79 Å². The van der Waals surface area contributed by atoms with Crippen LogP contribution in [0, 0.1) is 6.92 Å². The smallest absolute Gasteiger partial charge is 0.230 e. The minimum Gasteiger partial charge on any atom is -0.353 e. The second-order valence-corrected chi connectivity index (χ2v) is 6.97. The fourth-order valence-corrected chi connectivity index (χ4v) is 3.49. The van der Waals surface area contributed by atoms with Crippen molar-refractivity contribution >= 4 is 17.7 Å². The molecule has 1 amide bonds. The van der Waals surface area contributed by atoms with Crippen molar-refractivity contribution in [3.8, 4) is 11.4 Å². The normalized spacial score (nSPS) is 15.5. The summed E-state index contributed by atoms with van der Waals surface area (Å²) in [6.07, 6.45) is 5.95. The Morgan fingerprint density at radius 1 is 1.35 bits per heavy atom. The molecule has 1 aromatic carbocycles. The first kappa shape index (κ1) is 16.1. The largest absolute Gasteiger partial charge is 0.353 e. The molecule has 0 radical (unpaired) electrons. The molecule has 3 rings (SSSR count). The quantitative estimate of drug-likeness (QED) is 0.825. The molecule has 0 atom stereocenters. The number of hydrogen-bond donors (Lipinski definition) is 2. The predicted molar refractivity (Wildman–Crippen MR) is 92.3 cm³/mol. The van der Waals surface area contributed by atoms with E-state index in [0.717, 1.165) is 24.2 Å². The van der Waals surface area contributed by atoms with Crippen LogP contribution >= 0.6 is 11.8 Å². The van der Waals surface area contributed by atoms with E-state index in [1.54, 1.807) is 0 Å². The number of rotatable bonds is 5. The van der Waals surface area contributed by atoms with E-state index in [1.165, 1.54) is 36.6 Å². The Labute approximate surface area is 140 Å². The first-order valence-electron chi connectivity index (χ1n) is 8.12. The maximum absolute atomic E-state index is 12.0. The number of nitrogens with one attached hydrogen (secondary N) is 2. The summed E-state index contributed by atoms with van der Waals surface area (Å²) in [6, 6.07) is 8.46. The van der Waals surface area contributed by atoms with E-state index in [9.17, 15) is 4.79 Å². The van der Waals surface area contributed by atoms with Crippen molar-refractivity contribution in [3.63, 3.8) is 0 Å². The van der Waals surface area contributed by atoms with Gasteiger partial charge < -0.3 is 5.32 Å². The Morgan fingerprint density at radius 2 is 2.17 bits per heavy atom. The van der Waals surface area contributed by atoms with E-state index in [-0.39, 0.29) is 5.91 Å². The van der Waals surface area contributed by atoms with Crippen molar-refractivity contribution in [2.45, 2.75) is 50.2 Å². The zero-order chi connectivity index (χ0) is 16.1. The summed E-state index contributed by atoms with van der Waals surface area (Å²) in [5.41, 5.74) is 2.19. The zero-order valence-electron chi connectivity index (χ0n) is 13.3. The topological polar surface area (TPSA) is 70.7 Å². The van der Waals surface area contributed by atoms with Gasteiger partial charge in [-0.15, -0.1) is 5.10 Å². The zero-order valence-corrected chi connectivity index (χ0v) is 14.2. The van der Waals surface area contributed by atoms with E-state index in [0.29, 0.717) is 17.0 Å². The summed E-state index contributed by atoms with van der Waals surface area (Å²) in [6.45, 7) is 2.05. The van der Waals surface area contributed by atoms with Crippen molar-refractivity contribution in [2.75, 3.05) is 5.75 Å². The first-order valence-corrected chi connectivity index (χ1v) is 9.11. The van der Waals surface area contributed by atoms with Gasteiger partial charge in [0, 0.05) is 11.6 Å². The Hall–Kier alpha value is -1.82. The number of carbonyl (C=O) groups is 1. The number of carbonyl (C=O) groups excluding carboxylic acids is 1. The number of benzene rings is 1. The van der Waals surface area contributed by atoms with Crippen molar-refractivity contribution in [3.05, 3.63) is 29.8 Å². The molecule has 0 aliphatic heterocycles. The number of thioether (sulfide) groups is 1. The number of aryl methyl sites for hydroxylation is 1. The van der Waals surface area contributed by atoms with E-state index in [2.05, 4.69) is 26.6 Å². The maximum atomic E-state index is 12.0. The van der Waals surface area contributed by atoms with Crippen LogP contribution in [0.5, 0.6) is 0 Å². The van der Waals surface area contributed by atoms with Crippen LogP contribution in [-0.4, -0.2) is 32.9 Å². The summed E-state index contributed by atoms with van der Waals surface area (Å²) >= 11 is 1.37. The number of hydrogen-bond acceptors (Lipinski definition) is 4. The first-order chi connectivity index (χ1) is 11.2. The molecule has 6 heteroatoms. The molecule has 1 fully saturated rings. The van der Waals surface area contributed by atoms with Gasteiger partial charge in [0.15, 0.2) is 5.82 Å². The standard InChI is InChI=1S/C17H22N4OS/c1-12-6-5-7-13(10-12)16-19-17(21-20-16)23-11-15(22)18-14-8-3-2-4-9-14/h5-7,10,14H,2-4,8-9,11H2,1H3,(H,18,22)(H,19,20,21). The van der Waals surface area contributed by atoms with Crippen LogP contribution in [0.2, 0.25) is 0 Å². The molecular weight excluding hydrogens is 308 g/mol. The van der Waals surface area contributed by atoms with Gasteiger partial charge in [-0.3, -0.25) is 9.89 Å². The van der Waals surface area contributed by atoms with Gasteiger partial charge in [-0.05, 0) is 25.8 Å². The molecule has 1 saturated carbocycles. The molecule has 0 spiro atoms. The summed E-state index contributed by atoms with van der Waals surface area (Å²) in [5, 5.41) is 10.8. The SMILES string of the molecule is Cc1cccc(-c2nc(SCC(=O)NC3CCCCC3)n[nH]2)c1. The third kappa shape index (κ3) is 4.58. The number of nitrogens with zero attached hydrogens (tertiary/aromatic N) is 2. The highest BCUT2D eigenvalue weighted by Crippen LogP contribution is 2.21. The molecule has 1 aliphatic carbocycles. The van der Waals surface area contributed by atoms with Crippen LogP contribution in [0.4, 0.5) is 0 Å². The van der Waals surface area contributed by atoms with Crippen molar-refractivity contribution < 1.29 is 4.79 Å². The summed E-state index contributed by atoms with van der Waals surface area (Å²) in [7, 11) is 0. The van der Waals surface area contributed by atoms with Crippen LogP contribution in [0.15, 0.2) is 29.4 Å². The Bertz CT molecular complexity index is 664. The van der Waals surface area contributed by atoms with E-state index in [4.69, 9.17) is 0 Å². The third-order valence-corrected chi connectivity index (χ3v) is 4.91. The molecule has 5 nitrogen and oxygen atoms in total. The monoisotopic (exact) mass is 330 g/mol. The molecule has 122 valence electrons. The summed E-state index contributed by atoms with van der Waals surface area (Å²) in [5.74, 6) is 1.18. The van der Waals surface area contributed by atoms with Gasteiger partial charge in [-0.25, -0.2) is 4.98 Å². The average Bonchev–Trinajstić information content (AvgIpc) is 3.03. The van der Waals surface area contributed by atoms with Crippen LogP contribution in [0.3, 0.4) is 0 Å². The molecule has 0 saturated heterocycles. The summed E-state index contributed by atoms with van der Waals surface area (Å²) < 4.78 is 0. The maximum Gasteiger partial charge on any atom is 0.230 e. The molecule has 1 aromatic heterocycles. The van der Waals surface area contributed by atoms with Gasteiger partial charge in [0.05, 0.1) is 5.75 Å². The highest BCUT2D eigenvalue weighted by molar-refractivity contribution is 7.99. The number of aromatic nitrogens is 3. The predicted octanol–water partition coefficient (Wildman–Crippen LogP) is 3.32. The number of amides is 1. The Balaban J connectivity index is 1.52. The average molecular weight is 330 g/mol. The molecule has 1 aliphatic rings. The third-order valence-electron chi connectivity index (χ3n) is 4.06. The van der Waals surface area contributed by atoms with Gasteiger partial charge >= 0.3 is 0 Å². The van der Waals surface area contributed by atoms with Gasteiger partial charge in [0.1, 0.15) is 0 Å². The Morgan fingerprint density at radius 3 is 2.96 bits per heavy atom. The second-order valence-electron chi connectivity index (χ2n) is 6.03. The van der Waals surface area contributed by atoms with Gasteiger partial charge in [-0.1, -0.05) is 54.8 Å². The summed E-state index contributed by atoms with van der Waals surface area (Å²) in [4.78, 5) is 16.5. The van der Waals surface area contributed by atoms with E-state index in [1.807, 2.05) is 25.1 Å². The van der Waals surface area contributed by atoms with Gasteiger partial charge in [0.25, 0.3) is 0 Å². The van der Waals surface area contributed by atoms with Gasteiger partial charge in [-0.2, -0.15) is 0 Å². The van der Waals surface area contributed by atoms with Crippen molar-refractivity contribution in [1.82, 2.24) is 20.5 Å². The van der Waals surface area contributed by atoms with Gasteiger partial charge in [0.2, 0.25) is 11.1 Å². The Kier molecular flexibility index (Phi) is 5.33. The molecule has 0 unspecified atom stereocenters. The lowest BCUT2D eigenvalue weighted by Gasteiger charge is -2.22. The molecule has 2 aromatic rings.